The van der Waals surface area contributed by atoms with Crippen molar-refractivity contribution < 1.29 is 27.8 Å². The average molecular weight is 304 g/mol. The molecule has 1 rings (SSSR count). The minimum absolute atomic E-state index is 0.0507. The lowest BCUT2D eigenvalue weighted by atomic mass is 10.2. The quantitative estimate of drug-likeness (QED) is 0.687. The van der Waals surface area contributed by atoms with E-state index in [0.29, 0.717) is 12.2 Å². The van der Waals surface area contributed by atoms with E-state index in [4.69, 9.17) is 0 Å². The number of phenols is 1. The molecule has 0 spiro atoms. The third-order valence-electron chi connectivity index (χ3n) is 1.94. The maximum atomic E-state index is 12.2. The minimum atomic E-state index is -4.82. The first-order valence-corrected chi connectivity index (χ1v) is 6.47. The first kappa shape index (κ1) is 16.2. The second-order valence-electron chi connectivity index (χ2n) is 3.62. The van der Waals surface area contributed by atoms with Gasteiger partial charge in [-0.15, -0.1) is 13.2 Å². The van der Waals surface area contributed by atoms with Gasteiger partial charge in [-0.1, -0.05) is 23.6 Å². The number of hydrogen-bond donors (Lipinski definition) is 1. The van der Waals surface area contributed by atoms with Crippen molar-refractivity contribution in [3.05, 3.63) is 23.8 Å². The van der Waals surface area contributed by atoms with E-state index in [1.807, 2.05) is 0 Å². The SMILES string of the molecule is CC(=O)SCCC#Cc1cc(O)ccc1OC(F)(F)F. The molecule has 0 amide bonds. The van der Waals surface area contributed by atoms with E-state index in [-0.39, 0.29) is 16.4 Å². The van der Waals surface area contributed by atoms with E-state index in [0.717, 1.165) is 30.0 Å². The van der Waals surface area contributed by atoms with Gasteiger partial charge < -0.3 is 9.84 Å². The van der Waals surface area contributed by atoms with Crippen LogP contribution in [-0.2, 0) is 4.79 Å². The number of rotatable bonds is 3. The van der Waals surface area contributed by atoms with Crippen LogP contribution in [0, 0.1) is 11.8 Å². The fourth-order valence-electron chi connectivity index (χ4n) is 1.23. The smallest absolute Gasteiger partial charge is 0.508 e. The molecule has 1 N–H and O–H groups in total. The van der Waals surface area contributed by atoms with Crippen molar-refractivity contribution in [3.8, 4) is 23.3 Å². The molecular formula is C13H11F3O3S. The monoisotopic (exact) mass is 304 g/mol. The summed E-state index contributed by atoms with van der Waals surface area (Å²) < 4.78 is 40.3. The highest BCUT2D eigenvalue weighted by Gasteiger charge is 2.32. The van der Waals surface area contributed by atoms with Gasteiger partial charge in [0.05, 0.1) is 5.56 Å². The number of alkyl halides is 3. The van der Waals surface area contributed by atoms with Crippen molar-refractivity contribution in [2.75, 3.05) is 5.75 Å². The van der Waals surface area contributed by atoms with Crippen LogP contribution in [0.1, 0.15) is 18.9 Å². The van der Waals surface area contributed by atoms with Crippen LogP contribution in [0.4, 0.5) is 13.2 Å². The summed E-state index contributed by atoms with van der Waals surface area (Å²) in [6.07, 6.45) is -4.48. The molecule has 0 aliphatic rings. The molecule has 1 aromatic carbocycles. The summed E-state index contributed by atoms with van der Waals surface area (Å²) in [5.74, 6) is 4.90. The van der Waals surface area contributed by atoms with Crippen molar-refractivity contribution in [2.24, 2.45) is 0 Å². The van der Waals surface area contributed by atoms with Crippen LogP contribution in [0.25, 0.3) is 0 Å². The molecule has 0 heterocycles. The van der Waals surface area contributed by atoms with E-state index in [9.17, 15) is 23.1 Å². The van der Waals surface area contributed by atoms with Crippen LogP contribution >= 0.6 is 11.8 Å². The van der Waals surface area contributed by atoms with Gasteiger partial charge in [0.1, 0.15) is 11.5 Å². The molecule has 0 aliphatic heterocycles. The Morgan fingerprint density at radius 2 is 2.15 bits per heavy atom. The highest BCUT2D eigenvalue weighted by molar-refractivity contribution is 8.13. The lowest BCUT2D eigenvalue weighted by Crippen LogP contribution is -2.17. The number of aromatic hydroxyl groups is 1. The number of benzene rings is 1. The van der Waals surface area contributed by atoms with Crippen LogP contribution < -0.4 is 4.74 Å². The lowest BCUT2D eigenvalue weighted by Gasteiger charge is -2.10. The number of phenolic OH excluding ortho intramolecular Hbond substituents is 1. The second-order valence-corrected chi connectivity index (χ2v) is 4.89. The van der Waals surface area contributed by atoms with Gasteiger partial charge in [-0.05, 0) is 18.2 Å². The Morgan fingerprint density at radius 1 is 1.45 bits per heavy atom. The largest absolute Gasteiger partial charge is 0.573 e. The van der Waals surface area contributed by atoms with Gasteiger partial charge >= 0.3 is 6.36 Å². The molecule has 0 fully saturated rings. The number of thioether (sulfide) groups is 1. The molecule has 20 heavy (non-hydrogen) atoms. The highest BCUT2D eigenvalue weighted by atomic mass is 32.2. The maximum absolute atomic E-state index is 12.2. The Kier molecular flexibility index (Phi) is 5.77. The van der Waals surface area contributed by atoms with Gasteiger partial charge in [0, 0.05) is 19.1 Å². The van der Waals surface area contributed by atoms with Crippen LogP contribution in [0.3, 0.4) is 0 Å². The topological polar surface area (TPSA) is 46.5 Å². The van der Waals surface area contributed by atoms with Crippen LogP contribution in [0.2, 0.25) is 0 Å². The molecule has 3 nitrogen and oxygen atoms in total. The van der Waals surface area contributed by atoms with E-state index in [1.54, 1.807) is 0 Å². The molecule has 0 atom stereocenters. The van der Waals surface area contributed by atoms with Crippen LogP contribution in [0.5, 0.6) is 11.5 Å². The first-order chi connectivity index (χ1) is 9.28. The summed E-state index contributed by atoms with van der Waals surface area (Å²) in [5.41, 5.74) is -0.0600. The zero-order valence-electron chi connectivity index (χ0n) is 10.5. The van der Waals surface area contributed by atoms with Crippen molar-refractivity contribution in [2.45, 2.75) is 19.7 Å². The number of carbonyl (C=O) groups is 1. The van der Waals surface area contributed by atoms with E-state index >= 15 is 0 Å². The van der Waals surface area contributed by atoms with Gasteiger partial charge in [0.15, 0.2) is 5.12 Å². The third-order valence-corrected chi connectivity index (χ3v) is 2.76. The van der Waals surface area contributed by atoms with Gasteiger partial charge in [-0.25, -0.2) is 0 Å². The van der Waals surface area contributed by atoms with Crippen LogP contribution in [-0.4, -0.2) is 22.3 Å². The normalized spacial score (nSPS) is 10.6. The Balaban J connectivity index is 2.79. The summed E-state index contributed by atoms with van der Waals surface area (Å²) in [5, 5.41) is 9.21. The van der Waals surface area contributed by atoms with Gasteiger partial charge in [-0.2, -0.15) is 0 Å². The van der Waals surface area contributed by atoms with Crippen molar-refractivity contribution >= 4 is 16.9 Å². The minimum Gasteiger partial charge on any atom is -0.508 e. The molecule has 0 saturated heterocycles. The fraction of sp³-hybridized carbons (Fsp3) is 0.308. The zero-order chi connectivity index (χ0) is 15.2. The Bertz CT molecular complexity index is 544. The standard InChI is InChI=1S/C13H11F3O3S/c1-9(17)20-7-3-2-4-10-8-11(18)5-6-12(10)19-13(14,15)16/h5-6,8,18H,3,7H2,1H3. The lowest BCUT2D eigenvalue weighted by molar-refractivity contribution is -0.274. The highest BCUT2D eigenvalue weighted by Crippen LogP contribution is 2.28. The van der Waals surface area contributed by atoms with E-state index in [1.165, 1.54) is 6.92 Å². The number of ether oxygens (including phenoxy) is 1. The third kappa shape index (κ3) is 6.38. The predicted octanol–water partition coefficient (Wildman–Crippen LogP) is 3.31. The molecule has 0 aliphatic carbocycles. The summed E-state index contributed by atoms with van der Waals surface area (Å²) in [7, 11) is 0. The fourth-order valence-corrected chi connectivity index (χ4v) is 1.72. The molecule has 1 aromatic rings. The van der Waals surface area contributed by atoms with Crippen molar-refractivity contribution in [1.29, 1.82) is 0 Å². The maximum Gasteiger partial charge on any atom is 0.573 e. The van der Waals surface area contributed by atoms with Crippen molar-refractivity contribution in [1.82, 2.24) is 0 Å². The summed E-state index contributed by atoms with van der Waals surface area (Å²) in [4.78, 5) is 10.7. The Morgan fingerprint density at radius 3 is 2.75 bits per heavy atom. The number of carbonyl (C=O) groups excluding carboxylic acids is 1. The van der Waals surface area contributed by atoms with E-state index < -0.39 is 12.1 Å². The van der Waals surface area contributed by atoms with Gasteiger partial charge in [-0.3, -0.25) is 4.79 Å². The van der Waals surface area contributed by atoms with Gasteiger partial charge in [0.25, 0.3) is 0 Å². The second kappa shape index (κ2) is 7.10. The molecule has 0 saturated carbocycles. The first-order valence-electron chi connectivity index (χ1n) is 5.49. The summed E-state index contributed by atoms with van der Waals surface area (Å²) >= 11 is 1.08. The Hall–Kier alpha value is -1.81. The molecular weight excluding hydrogens is 293 g/mol. The van der Waals surface area contributed by atoms with Gasteiger partial charge in [0.2, 0.25) is 0 Å². The van der Waals surface area contributed by atoms with Crippen molar-refractivity contribution in [3.63, 3.8) is 0 Å². The summed E-state index contributed by atoms with van der Waals surface area (Å²) in [6.45, 7) is 1.42. The molecule has 7 heteroatoms. The molecule has 0 aromatic heterocycles. The summed E-state index contributed by atoms with van der Waals surface area (Å²) in [6, 6.07) is 3.17. The molecule has 0 radical (unpaired) electrons. The molecule has 0 bridgehead atoms. The predicted molar refractivity (Wildman–Crippen MR) is 69.4 cm³/mol. The molecule has 0 unspecified atom stereocenters. The zero-order valence-corrected chi connectivity index (χ0v) is 11.3. The van der Waals surface area contributed by atoms with Crippen LogP contribution in [0.15, 0.2) is 18.2 Å². The Labute approximate surface area is 118 Å². The number of halogens is 3. The number of hydrogen-bond acceptors (Lipinski definition) is 4. The molecule has 108 valence electrons. The van der Waals surface area contributed by atoms with E-state index in [2.05, 4.69) is 16.6 Å². The average Bonchev–Trinajstić information content (AvgIpc) is 2.30.